The van der Waals surface area contributed by atoms with Gasteiger partial charge in [0, 0.05) is 49.1 Å². The van der Waals surface area contributed by atoms with Crippen molar-refractivity contribution >= 4 is 53.0 Å². The molecule has 0 saturated carbocycles. The van der Waals surface area contributed by atoms with E-state index in [-0.39, 0.29) is 24.0 Å². The van der Waals surface area contributed by atoms with Gasteiger partial charge < -0.3 is 10.2 Å². The van der Waals surface area contributed by atoms with Crippen LogP contribution in [-0.2, 0) is 13.0 Å². The van der Waals surface area contributed by atoms with Gasteiger partial charge in [-0.15, -0.1) is 47.1 Å². The van der Waals surface area contributed by atoms with Crippen LogP contribution in [0.4, 0.5) is 0 Å². The van der Waals surface area contributed by atoms with E-state index in [1.165, 1.54) is 15.3 Å². The molecule has 2 rings (SSSR count). The largest absolute Gasteiger partial charge is 0.357 e. The third-order valence-corrected chi connectivity index (χ3v) is 5.25. The molecule has 0 fully saturated rings. The van der Waals surface area contributed by atoms with Crippen LogP contribution in [0, 0.1) is 6.92 Å². The number of guanidine groups is 1. The molecule has 138 valence electrons. The summed E-state index contributed by atoms with van der Waals surface area (Å²) in [5.41, 5.74) is 1.29. The monoisotopic (exact) mass is 490 g/mol. The Balaban J connectivity index is 0.00000312. The number of aliphatic imine (C=N–C) groups is 1. The van der Waals surface area contributed by atoms with Gasteiger partial charge in [-0.2, -0.15) is 0 Å². The van der Waals surface area contributed by atoms with Crippen molar-refractivity contribution in [1.29, 1.82) is 0 Å². The van der Waals surface area contributed by atoms with Crippen molar-refractivity contribution in [3.63, 3.8) is 0 Å². The highest BCUT2D eigenvalue weighted by Crippen LogP contribution is 2.15. The van der Waals surface area contributed by atoms with E-state index in [4.69, 9.17) is 4.99 Å². The molecule has 1 aromatic carbocycles. The van der Waals surface area contributed by atoms with Gasteiger partial charge in [-0.25, -0.2) is 4.98 Å². The summed E-state index contributed by atoms with van der Waals surface area (Å²) < 4.78 is 0. The first-order valence-electron chi connectivity index (χ1n) is 8.16. The number of thioether (sulfide) groups is 1. The van der Waals surface area contributed by atoms with E-state index in [2.05, 4.69) is 66.6 Å². The molecule has 0 saturated heterocycles. The minimum atomic E-state index is 0. The van der Waals surface area contributed by atoms with Gasteiger partial charge in [0.1, 0.15) is 0 Å². The Labute approximate surface area is 176 Å². The molecule has 0 spiro atoms. The molecule has 0 radical (unpaired) electrons. The van der Waals surface area contributed by atoms with Crippen LogP contribution in [0.5, 0.6) is 0 Å². The summed E-state index contributed by atoms with van der Waals surface area (Å²) >= 11 is 3.52. The topological polar surface area (TPSA) is 40.5 Å². The molecule has 7 heteroatoms. The first-order valence-corrected chi connectivity index (χ1v) is 10.2. The van der Waals surface area contributed by atoms with E-state index in [0.29, 0.717) is 0 Å². The zero-order valence-corrected chi connectivity index (χ0v) is 19.2. The standard InChI is InChI=1S/C18H26N4S2.HI/c1-5-19-18(20-11-10-17-21-12-14(2)24-17)22(3)13-15-6-8-16(23-4)9-7-15;/h6-9,12H,5,10-11,13H2,1-4H3,(H,19,20);1H. The van der Waals surface area contributed by atoms with Crippen molar-refractivity contribution in [2.24, 2.45) is 4.99 Å². The Kier molecular flexibility index (Phi) is 10.4. The van der Waals surface area contributed by atoms with Crippen LogP contribution in [-0.4, -0.2) is 42.2 Å². The Bertz CT molecular complexity index is 655. The average molecular weight is 490 g/mol. The summed E-state index contributed by atoms with van der Waals surface area (Å²) in [6, 6.07) is 8.71. The van der Waals surface area contributed by atoms with Gasteiger partial charge in [-0.3, -0.25) is 4.99 Å². The number of halogens is 1. The van der Waals surface area contributed by atoms with Crippen LogP contribution < -0.4 is 5.32 Å². The third kappa shape index (κ3) is 7.53. The second kappa shape index (κ2) is 11.7. The fourth-order valence-corrected chi connectivity index (χ4v) is 3.51. The highest BCUT2D eigenvalue weighted by molar-refractivity contribution is 14.0. The van der Waals surface area contributed by atoms with E-state index in [0.717, 1.165) is 37.0 Å². The number of hydrogen-bond donors (Lipinski definition) is 1. The van der Waals surface area contributed by atoms with Crippen LogP contribution in [0.25, 0.3) is 0 Å². The summed E-state index contributed by atoms with van der Waals surface area (Å²) in [4.78, 5) is 13.9. The zero-order valence-electron chi connectivity index (χ0n) is 15.3. The number of thiazole rings is 1. The minimum Gasteiger partial charge on any atom is -0.357 e. The SMILES string of the molecule is CCNC(=NCCc1ncc(C)s1)N(C)Cc1ccc(SC)cc1.I. The zero-order chi connectivity index (χ0) is 17.4. The molecule has 1 N–H and O–H groups in total. The molecule has 1 aromatic heterocycles. The van der Waals surface area contributed by atoms with Gasteiger partial charge in [0.15, 0.2) is 5.96 Å². The maximum Gasteiger partial charge on any atom is 0.193 e. The van der Waals surface area contributed by atoms with Crippen molar-refractivity contribution in [1.82, 2.24) is 15.2 Å². The Hall–Kier alpha value is -0.800. The number of hydrogen-bond acceptors (Lipinski definition) is 4. The molecule has 0 unspecified atom stereocenters. The number of rotatable bonds is 7. The molecule has 0 bridgehead atoms. The lowest BCUT2D eigenvalue weighted by Gasteiger charge is -2.22. The van der Waals surface area contributed by atoms with Gasteiger partial charge in [-0.1, -0.05) is 12.1 Å². The fourth-order valence-electron chi connectivity index (χ4n) is 2.32. The summed E-state index contributed by atoms with van der Waals surface area (Å²) in [6.07, 6.45) is 4.92. The number of aryl methyl sites for hydroxylation is 1. The lowest BCUT2D eigenvalue weighted by Crippen LogP contribution is -2.38. The molecule has 25 heavy (non-hydrogen) atoms. The molecule has 0 aliphatic rings. The Morgan fingerprint density at radius 2 is 2.04 bits per heavy atom. The molecule has 0 amide bonds. The summed E-state index contributed by atoms with van der Waals surface area (Å²) in [5, 5.41) is 4.53. The van der Waals surface area contributed by atoms with Crippen LogP contribution in [0.15, 0.2) is 40.4 Å². The van der Waals surface area contributed by atoms with Crippen LogP contribution in [0.1, 0.15) is 22.4 Å². The van der Waals surface area contributed by atoms with E-state index < -0.39 is 0 Å². The molecular formula is C18H27IN4S2. The summed E-state index contributed by atoms with van der Waals surface area (Å²) in [6.45, 7) is 6.65. The molecule has 0 aliphatic heterocycles. The smallest absolute Gasteiger partial charge is 0.193 e. The first-order chi connectivity index (χ1) is 11.6. The second-order valence-corrected chi connectivity index (χ2v) is 7.75. The van der Waals surface area contributed by atoms with Crippen molar-refractivity contribution in [3.05, 3.63) is 45.9 Å². The third-order valence-electron chi connectivity index (χ3n) is 3.53. The van der Waals surface area contributed by atoms with Crippen molar-refractivity contribution in [3.8, 4) is 0 Å². The van der Waals surface area contributed by atoms with Crippen molar-refractivity contribution in [2.45, 2.75) is 31.7 Å². The lowest BCUT2D eigenvalue weighted by molar-refractivity contribution is 0.477. The number of benzene rings is 1. The predicted octanol–water partition coefficient (Wildman–Crippen LogP) is 4.43. The second-order valence-electron chi connectivity index (χ2n) is 5.55. The van der Waals surface area contributed by atoms with Gasteiger partial charge >= 0.3 is 0 Å². The lowest BCUT2D eigenvalue weighted by atomic mass is 10.2. The maximum atomic E-state index is 4.74. The van der Waals surface area contributed by atoms with Crippen LogP contribution in [0.2, 0.25) is 0 Å². The quantitative estimate of drug-likeness (QED) is 0.270. The van der Waals surface area contributed by atoms with Gasteiger partial charge in [0.2, 0.25) is 0 Å². The van der Waals surface area contributed by atoms with Crippen molar-refractivity contribution in [2.75, 3.05) is 26.4 Å². The van der Waals surface area contributed by atoms with E-state index in [1.807, 2.05) is 6.20 Å². The fraction of sp³-hybridized carbons (Fsp3) is 0.444. The highest BCUT2D eigenvalue weighted by Gasteiger charge is 2.07. The Morgan fingerprint density at radius 3 is 2.60 bits per heavy atom. The van der Waals surface area contributed by atoms with E-state index in [1.54, 1.807) is 23.1 Å². The Morgan fingerprint density at radius 1 is 1.32 bits per heavy atom. The van der Waals surface area contributed by atoms with Gasteiger partial charge in [0.05, 0.1) is 5.01 Å². The van der Waals surface area contributed by atoms with Crippen LogP contribution >= 0.6 is 47.1 Å². The molecule has 4 nitrogen and oxygen atoms in total. The molecular weight excluding hydrogens is 463 g/mol. The number of nitrogens with one attached hydrogen (secondary N) is 1. The number of nitrogens with zero attached hydrogens (tertiary/aromatic N) is 3. The predicted molar refractivity (Wildman–Crippen MR) is 122 cm³/mol. The van der Waals surface area contributed by atoms with Gasteiger partial charge in [0.25, 0.3) is 0 Å². The van der Waals surface area contributed by atoms with Gasteiger partial charge in [-0.05, 0) is 37.8 Å². The van der Waals surface area contributed by atoms with Crippen LogP contribution in [0.3, 0.4) is 0 Å². The maximum absolute atomic E-state index is 4.74. The first kappa shape index (κ1) is 22.2. The minimum absolute atomic E-state index is 0. The van der Waals surface area contributed by atoms with Crippen molar-refractivity contribution < 1.29 is 0 Å². The van der Waals surface area contributed by atoms with E-state index >= 15 is 0 Å². The summed E-state index contributed by atoms with van der Waals surface area (Å²) in [5.74, 6) is 0.944. The molecule has 1 heterocycles. The average Bonchev–Trinajstić information content (AvgIpc) is 3.00. The summed E-state index contributed by atoms with van der Waals surface area (Å²) in [7, 11) is 2.08. The molecule has 0 aliphatic carbocycles. The molecule has 0 atom stereocenters. The normalized spacial score (nSPS) is 11.1. The number of aromatic nitrogens is 1. The van der Waals surface area contributed by atoms with E-state index in [9.17, 15) is 0 Å². The molecule has 2 aromatic rings. The highest BCUT2D eigenvalue weighted by atomic mass is 127.